The maximum Gasteiger partial charge on any atom is 0.320 e. The second kappa shape index (κ2) is 4.09. The summed E-state index contributed by atoms with van der Waals surface area (Å²) in [6, 6.07) is 4.04. The molecule has 7 heteroatoms. The van der Waals surface area contributed by atoms with E-state index in [1.807, 2.05) is 13.8 Å². The molecule has 1 fully saturated rings. The van der Waals surface area contributed by atoms with Crippen LogP contribution in [0.5, 0.6) is 5.75 Å². The van der Waals surface area contributed by atoms with E-state index in [4.69, 9.17) is 4.74 Å². The van der Waals surface area contributed by atoms with Crippen LogP contribution in [0, 0.1) is 10.1 Å². The number of rotatable bonds is 2. The number of urea groups is 1. The molecule has 7 nitrogen and oxygen atoms in total. The molecule has 0 radical (unpaired) electrons. The van der Waals surface area contributed by atoms with Gasteiger partial charge in [0.1, 0.15) is 5.75 Å². The van der Waals surface area contributed by atoms with Gasteiger partial charge in [0.05, 0.1) is 11.0 Å². The SMILES string of the molecule is CCN1C(=O)NC2CC1(C)Oc1ccc([N+](=O)[O-])cc12. The van der Waals surface area contributed by atoms with Gasteiger partial charge in [0.2, 0.25) is 0 Å². The van der Waals surface area contributed by atoms with E-state index >= 15 is 0 Å². The van der Waals surface area contributed by atoms with E-state index in [9.17, 15) is 14.9 Å². The Morgan fingerprint density at radius 2 is 2.35 bits per heavy atom. The summed E-state index contributed by atoms with van der Waals surface area (Å²) >= 11 is 0. The quantitative estimate of drug-likeness (QED) is 0.663. The summed E-state index contributed by atoms with van der Waals surface area (Å²) in [6.45, 7) is 4.30. The monoisotopic (exact) mass is 277 g/mol. The van der Waals surface area contributed by atoms with E-state index < -0.39 is 10.6 Å². The molecule has 1 aromatic rings. The molecule has 2 heterocycles. The third-order valence-corrected chi connectivity index (χ3v) is 3.92. The van der Waals surface area contributed by atoms with Crippen molar-refractivity contribution in [1.29, 1.82) is 0 Å². The Balaban J connectivity index is 2.07. The van der Waals surface area contributed by atoms with E-state index in [-0.39, 0.29) is 17.8 Å². The Hall–Kier alpha value is -2.31. The lowest BCUT2D eigenvalue weighted by Crippen LogP contribution is -2.64. The topological polar surface area (TPSA) is 84.7 Å². The second-order valence-electron chi connectivity index (χ2n) is 5.21. The fourth-order valence-electron chi connectivity index (χ4n) is 3.00. The Morgan fingerprint density at radius 3 is 3.00 bits per heavy atom. The van der Waals surface area contributed by atoms with Crippen LogP contribution in [0.4, 0.5) is 10.5 Å². The van der Waals surface area contributed by atoms with Crippen molar-refractivity contribution >= 4 is 11.7 Å². The zero-order valence-corrected chi connectivity index (χ0v) is 11.3. The van der Waals surface area contributed by atoms with Gasteiger partial charge in [-0.25, -0.2) is 4.79 Å². The molecule has 0 aliphatic carbocycles. The zero-order valence-electron chi connectivity index (χ0n) is 11.3. The smallest absolute Gasteiger partial charge is 0.320 e. The maximum atomic E-state index is 12.1. The molecule has 0 saturated carbocycles. The van der Waals surface area contributed by atoms with Crippen LogP contribution < -0.4 is 10.1 Å². The summed E-state index contributed by atoms with van der Waals surface area (Å²) in [5.74, 6) is 0.591. The summed E-state index contributed by atoms with van der Waals surface area (Å²) in [5, 5.41) is 13.7. The molecule has 1 aromatic carbocycles. The summed E-state index contributed by atoms with van der Waals surface area (Å²) in [7, 11) is 0. The lowest BCUT2D eigenvalue weighted by Gasteiger charge is -2.50. The Kier molecular flexibility index (Phi) is 2.60. The first-order chi connectivity index (χ1) is 9.44. The van der Waals surface area contributed by atoms with Gasteiger partial charge >= 0.3 is 6.03 Å². The molecule has 1 N–H and O–H groups in total. The molecule has 0 spiro atoms. The van der Waals surface area contributed by atoms with Gasteiger partial charge in [-0.15, -0.1) is 0 Å². The highest BCUT2D eigenvalue weighted by Crippen LogP contribution is 2.44. The van der Waals surface area contributed by atoms with Crippen molar-refractivity contribution in [3.63, 3.8) is 0 Å². The third-order valence-electron chi connectivity index (χ3n) is 3.92. The fraction of sp³-hybridized carbons (Fsp3) is 0.462. The molecule has 20 heavy (non-hydrogen) atoms. The van der Waals surface area contributed by atoms with Gasteiger partial charge in [-0.1, -0.05) is 0 Å². The van der Waals surface area contributed by atoms with Gasteiger partial charge < -0.3 is 10.1 Å². The molecule has 2 unspecified atom stereocenters. The molecule has 2 aliphatic heterocycles. The van der Waals surface area contributed by atoms with Crippen LogP contribution in [-0.2, 0) is 0 Å². The lowest BCUT2D eigenvalue weighted by molar-refractivity contribution is -0.385. The van der Waals surface area contributed by atoms with E-state index in [1.54, 1.807) is 11.0 Å². The van der Waals surface area contributed by atoms with Gasteiger partial charge in [-0.05, 0) is 19.9 Å². The van der Waals surface area contributed by atoms with E-state index in [2.05, 4.69) is 5.32 Å². The van der Waals surface area contributed by atoms with Crippen LogP contribution in [0.15, 0.2) is 18.2 Å². The number of amides is 2. The minimum atomic E-state index is -0.703. The van der Waals surface area contributed by atoms with Crippen molar-refractivity contribution in [1.82, 2.24) is 10.2 Å². The highest BCUT2D eigenvalue weighted by Gasteiger charge is 2.48. The molecule has 2 amide bonds. The van der Waals surface area contributed by atoms with Crippen LogP contribution in [0.2, 0.25) is 0 Å². The number of hydrogen-bond donors (Lipinski definition) is 1. The van der Waals surface area contributed by atoms with Gasteiger partial charge in [-0.2, -0.15) is 0 Å². The molecule has 2 aliphatic rings. The van der Waals surface area contributed by atoms with Crippen molar-refractivity contribution in [3.8, 4) is 5.75 Å². The number of fused-ring (bicyclic) bond motifs is 4. The average molecular weight is 277 g/mol. The molecular weight excluding hydrogens is 262 g/mol. The standard InChI is InChI=1S/C13H15N3O4/c1-3-15-12(17)14-10-7-13(15,2)20-11-5-4-8(16(18)19)6-9(10)11/h4-6,10H,3,7H2,1-2H3,(H,14,17). The van der Waals surface area contributed by atoms with E-state index in [0.717, 1.165) is 0 Å². The van der Waals surface area contributed by atoms with Crippen LogP contribution in [0.3, 0.4) is 0 Å². The minimum absolute atomic E-state index is 0.00289. The Labute approximate surface area is 115 Å². The van der Waals surface area contributed by atoms with Crippen molar-refractivity contribution in [2.45, 2.75) is 32.0 Å². The molecule has 2 bridgehead atoms. The number of non-ortho nitro benzene ring substituents is 1. The van der Waals surface area contributed by atoms with Crippen LogP contribution >= 0.6 is 0 Å². The Morgan fingerprint density at radius 1 is 1.60 bits per heavy atom. The first-order valence-corrected chi connectivity index (χ1v) is 6.50. The summed E-state index contributed by atoms with van der Waals surface area (Å²) in [6.07, 6.45) is 0.570. The normalized spacial score (nSPS) is 27.4. The third kappa shape index (κ3) is 1.70. The first-order valence-electron chi connectivity index (χ1n) is 6.50. The van der Waals surface area contributed by atoms with E-state index in [1.165, 1.54) is 12.1 Å². The summed E-state index contributed by atoms with van der Waals surface area (Å²) < 4.78 is 5.94. The maximum absolute atomic E-state index is 12.1. The Bertz CT molecular complexity index is 603. The van der Waals surface area contributed by atoms with Crippen molar-refractivity contribution in [2.75, 3.05) is 6.54 Å². The van der Waals surface area contributed by atoms with Crippen LogP contribution in [-0.4, -0.2) is 28.1 Å². The van der Waals surface area contributed by atoms with Crippen LogP contribution in [0.1, 0.15) is 31.9 Å². The molecule has 2 atom stereocenters. The van der Waals surface area contributed by atoms with Crippen molar-refractivity contribution in [2.24, 2.45) is 0 Å². The number of carbonyl (C=O) groups excluding carboxylic acids is 1. The molecule has 0 aromatic heterocycles. The second-order valence-corrected chi connectivity index (χ2v) is 5.21. The van der Waals surface area contributed by atoms with E-state index in [0.29, 0.717) is 24.3 Å². The molecule has 106 valence electrons. The number of nitro groups is 1. The fourth-order valence-corrected chi connectivity index (χ4v) is 3.00. The predicted octanol–water partition coefficient (Wildman–Crippen LogP) is 2.18. The first kappa shape index (κ1) is 12.7. The lowest BCUT2D eigenvalue weighted by atomic mass is 9.90. The van der Waals surface area contributed by atoms with Gasteiger partial charge in [0.25, 0.3) is 5.69 Å². The number of benzene rings is 1. The number of ether oxygens (including phenoxy) is 1. The molecule has 3 rings (SSSR count). The minimum Gasteiger partial charge on any atom is -0.468 e. The zero-order chi connectivity index (χ0) is 14.5. The molecular formula is C13H15N3O4. The largest absolute Gasteiger partial charge is 0.468 e. The van der Waals surface area contributed by atoms with Gasteiger partial charge in [0.15, 0.2) is 5.72 Å². The van der Waals surface area contributed by atoms with Crippen LogP contribution in [0.25, 0.3) is 0 Å². The molecule has 1 saturated heterocycles. The van der Waals surface area contributed by atoms with Crippen molar-refractivity contribution in [3.05, 3.63) is 33.9 Å². The summed E-state index contributed by atoms with van der Waals surface area (Å²) in [4.78, 5) is 24.1. The number of carbonyl (C=O) groups is 1. The number of hydrogen-bond acceptors (Lipinski definition) is 4. The predicted molar refractivity (Wildman–Crippen MR) is 70.4 cm³/mol. The number of nitro benzene ring substituents is 1. The van der Waals surface area contributed by atoms with Gasteiger partial charge in [0, 0.05) is 30.7 Å². The van der Waals surface area contributed by atoms with Gasteiger partial charge in [-0.3, -0.25) is 15.0 Å². The number of nitrogens with one attached hydrogen (secondary N) is 1. The number of nitrogens with zero attached hydrogens (tertiary/aromatic N) is 2. The van der Waals surface area contributed by atoms with Crippen molar-refractivity contribution < 1.29 is 14.5 Å². The average Bonchev–Trinajstić information content (AvgIpc) is 2.37. The highest BCUT2D eigenvalue weighted by atomic mass is 16.6. The highest BCUT2D eigenvalue weighted by molar-refractivity contribution is 5.77. The summed E-state index contributed by atoms with van der Waals surface area (Å²) in [5.41, 5.74) is -0.0332.